The van der Waals surface area contributed by atoms with Crippen LogP contribution in [0.3, 0.4) is 0 Å². The molecule has 3 rings (SSSR count). The molecule has 1 fully saturated rings. The molecule has 1 aromatic heterocycles. The summed E-state index contributed by atoms with van der Waals surface area (Å²) < 4.78 is 5.25. The number of halogens is 1. The largest absolute Gasteiger partial charge is 0.360 e. The predicted molar refractivity (Wildman–Crippen MR) is 94.0 cm³/mol. The van der Waals surface area contributed by atoms with Crippen molar-refractivity contribution in [2.75, 3.05) is 26.2 Å². The van der Waals surface area contributed by atoms with Gasteiger partial charge in [0.1, 0.15) is 0 Å². The Morgan fingerprint density at radius 3 is 2.42 bits per heavy atom. The highest BCUT2D eigenvalue weighted by Crippen LogP contribution is 2.13. The van der Waals surface area contributed by atoms with Gasteiger partial charge in [-0.1, -0.05) is 17.3 Å². The lowest BCUT2D eigenvalue weighted by Gasteiger charge is -2.34. The number of aromatic nitrogens is 1. The SMILES string of the molecule is Cc1cc(CN2CCN(C(=O)c3ccc(CN)cc3)CC2)on1.Cl. The van der Waals surface area contributed by atoms with Crippen molar-refractivity contribution in [3.8, 4) is 0 Å². The van der Waals surface area contributed by atoms with Crippen LogP contribution in [0.1, 0.15) is 27.4 Å². The summed E-state index contributed by atoms with van der Waals surface area (Å²) in [7, 11) is 0. The summed E-state index contributed by atoms with van der Waals surface area (Å²) in [6, 6.07) is 9.49. The molecule has 1 amide bonds. The summed E-state index contributed by atoms with van der Waals surface area (Å²) >= 11 is 0. The predicted octanol–water partition coefficient (Wildman–Crippen LogP) is 1.82. The van der Waals surface area contributed by atoms with E-state index in [4.69, 9.17) is 10.3 Å². The lowest BCUT2D eigenvalue weighted by atomic mass is 10.1. The molecule has 0 aliphatic carbocycles. The van der Waals surface area contributed by atoms with Crippen LogP contribution >= 0.6 is 12.4 Å². The molecule has 1 aliphatic rings. The molecular formula is C17H23ClN4O2. The zero-order valence-electron chi connectivity index (χ0n) is 13.8. The van der Waals surface area contributed by atoms with Gasteiger partial charge in [0.15, 0.2) is 5.76 Å². The first-order chi connectivity index (χ1) is 11.2. The Morgan fingerprint density at radius 1 is 1.21 bits per heavy atom. The molecule has 130 valence electrons. The molecule has 0 radical (unpaired) electrons. The van der Waals surface area contributed by atoms with Gasteiger partial charge < -0.3 is 15.2 Å². The lowest BCUT2D eigenvalue weighted by Crippen LogP contribution is -2.48. The lowest BCUT2D eigenvalue weighted by molar-refractivity contribution is 0.0617. The third-order valence-electron chi connectivity index (χ3n) is 4.15. The monoisotopic (exact) mass is 350 g/mol. The van der Waals surface area contributed by atoms with Crippen molar-refractivity contribution < 1.29 is 9.32 Å². The van der Waals surface area contributed by atoms with Crippen LogP contribution in [0.2, 0.25) is 0 Å². The standard InChI is InChI=1S/C17H22N4O2.ClH/c1-13-10-16(23-19-13)12-20-6-8-21(9-7-20)17(22)15-4-2-14(11-18)3-5-15;/h2-5,10H,6-9,11-12,18H2,1H3;1H. The molecule has 0 atom stereocenters. The van der Waals surface area contributed by atoms with E-state index in [0.29, 0.717) is 6.54 Å². The molecule has 0 saturated carbocycles. The van der Waals surface area contributed by atoms with E-state index in [1.54, 1.807) is 0 Å². The second-order valence-corrected chi connectivity index (χ2v) is 5.90. The molecule has 2 aromatic rings. The van der Waals surface area contributed by atoms with Crippen LogP contribution in [-0.4, -0.2) is 47.0 Å². The van der Waals surface area contributed by atoms with Gasteiger partial charge >= 0.3 is 0 Å². The first kappa shape index (κ1) is 18.4. The molecule has 0 unspecified atom stereocenters. The van der Waals surface area contributed by atoms with Gasteiger partial charge in [0.05, 0.1) is 12.2 Å². The average molecular weight is 351 g/mol. The maximum absolute atomic E-state index is 12.5. The normalized spacial score (nSPS) is 15.2. The van der Waals surface area contributed by atoms with Crippen molar-refractivity contribution in [2.24, 2.45) is 5.73 Å². The molecule has 24 heavy (non-hydrogen) atoms. The number of carbonyl (C=O) groups is 1. The number of nitrogens with two attached hydrogens (primary N) is 1. The summed E-state index contributed by atoms with van der Waals surface area (Å²) in [5, 5.41) is 3.90. The number of piperazine rings is 1. The van der Waals surface area contributed by atoms with Crippen LogP contribution in [0, 0.1) is 6.92 Å². The first-order valence-electron chi connectivity index (χ1n) is 7.88. The van der Waals surface area contributed by atoms with E-state index >= 15 is 0 Å². The first-order valence-corrected chi connectivity index (χ1v) is 7.88. The number of carbonyl (C=O) groups excluding carboxylic acids is 1. The van der Waals surface area contributed by atoms with Gasteiger partial charge in [-0.2, -0.15) is 0 Å². The fourth-order valence-corrected chi connectivity index (χ4v) is 2.79. The summed E-state index contributed by atoms with van der Waals surface area (Å²) in [6.45, 7) is 6.29. The Morgan fingerprint density at radius 2 is 1.88 bits per heavy atom. The number of benzene rings is 1. The molecule has 0 bridgehead atoms. The Balaban J connectivity index is 0.00000208. The Labute approximate surface area is 148 Å². The van der Waals surface area contributed by atoms with Crippen molar-refractivity contribution in [1.82, 2.24) is 15.0 Å². The van der Waals surface area contributed by atoms with Gasteiger partial charge in [0, 0.05) is 44.4 Å². The number of rotatable bonds is 4. The smallest absolute Gasteiger partial charge is 0.253 e. The average Bonchev–Trinajstić information content (AvgIpc) is 3.00. The summed E-state index contributed by atoms with van der Waals surface area (Å²) in [5.74, 6) is 0.961. The van der Waals surface area contributed by atoms with Crippen LogP contribution in [0.4, 0.5) is 0 Å². The van der Waals surface area contributed by atoms with E-state index in [1.807, 2.05) is 42.2 Å². The van der Waals surface area contributed by atoms with Crippen molar-refractivity contribution >= 4 is 18.3 Å². The summed E-state index contributed by atoms with van der Waals surface area (Å²) in [4.78, 5) is 16.7. The van der Waals surface area contributed by atoms with Crippen LogP contribution in [0.5, 0.6) is 0 Å². The molecule has 1 aromatic carbocycles. The van der Waals surface area contributed by atoms with Gasteiger partial charge in [-0.05, 0) is 24.6 Å². The second kappa shape index (κ2) is 8.28. The van der Waals surface area contributed by atoms with Crippen molar-refractivity contribution in [1.29, 1.82) is 0 Å². The third-order valence-corrected chi connectivity index (χ3v) is 4.15. The zero-order valence-corrected chi connectivity index (χ0v) is 14.6. The topological polar surface area (TPSA) is 75.6 Å². The number of amides is 1. The highest BCUT2D eigenvalue weighted by molar-refractivity contribution is 5.94. The maximum atomic E-state index is 12.5. The van der Waals surface area contributed by atoms with E-state index in [0.717, 1.165) is 55.3 Å². The van der Waals surface area contributed by atoms with Gasteiger partial charge in [0.2, 0.25) is 0 Å². The molecule has 1 saturated heterocycles. The summed E-state index contributed by atoms with van der Waals surface area (Å²) in [6.07, 6.45) is 0. The zero-order chi connectivity index (χ0) is 16.2. The minimum Gasteiger partial charge on any atom is -0.360 e. The molecular weight excluding hydrogens is 328 g/mol. The van der Waals surface area contributed by atoms with Crippen molar-refractivity contribution in [2.45, 2.75) is 20.0 Å². The van der Waals surface area contributed by atoms with Gasteiger partial charge in [-0.3, -0.25) is 9.69 Å². The van der Waals surface area contributed by atoms with Crippen LogP contribution < -0.4 is 5.73 Å². The second-order valence-electron chi connectivity index (χ2n) is 5.90. The minimum absolute atomic E-state index is 0. The Kier molecular flexibility index (Phi) is 6.36. The Bertz CT molecular complexity index is 663. The highest BCUT2D eigenvalue weighted by atomic mass is 35.5. The molecule has 6 nitrogen and oxygen atoms in total. The maximum Gasteiger partial charge on any atom is 0.253 e. The van der Waals surface area contributed by atoms with E-state index in [-0.39, 0.29) is 18.3 Å². The molecule has 1 aliphatic heterocycles. The summed E-state index contributed by atoms with van der Waals surface area (Å²) in [5.41, 5.74) is 8.24. The van der Waals surface area contributed by atoms with E-state index in [1.165, 1.54) is 0 Å². The number of nitrogens with zero attached hydrogens (tertiary/aromatic N) is 3. The van der Waals surface area contributed by atoms with Crippen molar-refractivity contribution in [3.05, 3.63) is 52.9 Å². The molecule has 0 spiro atoms. The van der Waals surface area contributed by atoms with Crippen LogP contribution in [0.15, 0.2) is 34.9 Å². The van der Waals surface area contributed by atoms with E-state index in [9.17, 15) is 4.79 Å². The van der Waals surface area contributed by atoms with E-state index in [2.05, 4.69) is 10.1 Å². The highest BCUT2D eigenvalue weighted by Gasteiger charge is 2.22. The fraction of sp³-hybridized carbons (Fsp3) is 0.412. The number of aryl methyl sites for hydroxylation is 1. The molecule has 2 heterocycles. The van der Waals surface area contributed by atoms with E-state index < -0.39 is 0 Å². The number of hydrogen-bond acceptors (Lipinski definition) is 5. The van der Waals surface area contributed by atoms with Gasteiger partial charge in [-0.25, -0.2) is 0 Å². The molecule has 2 N–H and O–H groups in total. The Hall–Kier alpha value is -1.89. The van der Waals surface area contributed by atoms with Crippen molar-refractivity contribution in [3.63, 3.8) is 0 Å². The van der Waals surface area contributed by atoms with Crippen LogP contribution in [0.25, 0.3) is 0 Å². The minimum atomic E-state index is 0. The fourth-order valence-electron chi connectivity index (χ4n) is 2.79. The quantitative estimate of drug-likeness (QED) is 0.910. The van der Waals surface area contributed by atoms with Gasteiger partial charge in [0.25, 0.3) is 5.91 Å². The van der Waals surface area contributed by atoms with Crippen LogP contribution in [-0.2, 0) is 13.1 Å². The van der Waals surface area contributed by atoms with Gasteiger partial charge in [-0.15, -0.1) is 12.4 Å². The number of hydrogen-bond donors (Lipinski definition) is 1. The molecule has 7 heteroatoms. The third kappa shape index (κ3) is 4.35.